The lowest BCUT2D eigenvalue weighted by atomic mass is 9.95. The minimum Gasteiger partial charge on any atom is -0.493 e. The van der Waals surface area contributed by atoms with Crippen LogP contribution in [0.1, 0.15) is 58.9 Å². The maximum atomic E-state index is 13.3. The molecule has 9 heteroatoms. The minimum absolute atomic E-state index is 0.0828. The van der Waals surface area contributed by atoms with Crippen molar-refractivity contribution in [3.05, 3.63) is 36.0 Å². The van der Waals surface area contributed by atoms with Gasteiger partial charge in [-0.05, 0) is 63.2 Å². The Balaban J connectivity index is 1.47. The number of piperidine rings is 1. The number of β-amino-alcohol motifs (C(OH)–C–C–N with tert-alkyl or cyclic N) is 1. The number of amides is 2. The average Bonchev–Trinajstić information content (AvgIpc) is 3.58. The van der Waals surface area contributed by atoms with Crippen LogP contribution in [0.3, 0.4) is 0 Å². The fourth-order valence-corrected chi connectivity index (χ4v) is 5.48. The lowest BCUT2D eigenvalue weighted by molar-refractivity contribution is -0.142. The molecule has 3 unspecified atom stereocenters. The number of hydrogen-bond donors (Lipinski definition) is 3. The van der Waals surface area contributed by atoms with E-state index in [1.54, 1.807) is 11.1 Å². The van der Waals surface area contributed by atoms with Crippen LogP contribution in [0, 0.1) is 17.8 Å². The largest absolute Gasteiger partial charge is 0.493 e. The number of hydrogen-bond acceptors (Lipinski definition) is 6. The molecule has 9 nitrogen and oxygen atoms in total. The van der Waals surface area contributed by atoms with Crippen molar-refractivity contribution >= 4 is 11.8 Å². The van der Waals surface area contributed by atoms with Crippen LogP contribution in [0.2, 0.25) is 0 Å². The van der Waals surface area contributed by atoms with Gasteiger partial charge in [0, 0.05) is 49.3 Å². The Morgan fingerprint density at radius 2 is 1.97 bits per heavy atom. The standard InChI is InChI=1S/C30H45N5O4/c1-5-35-26(10-14-33-35)23-6-7-24(28(16-23)39-15-11-22-8-12-31-13-9-22)18-32-29(37)27-17-25(36)19-34(27)30(38)21(4)20(2)3/h6-7,10,14,16,20-22,25,27,31,36H,5,8-9,11-13,15,17-19H2,1-4H3,(H,32,37). The first kappa shape index (κ1) is 29.1. The molecule has 4 rings (SSSR count). The van der Waals surface area contributed by atoms with E-state index in [4.69, 9.17) is 4.74 Å². The highest BCUT2D eigenvalue weighted by Gasteiger charge is 2.40. The summed E-state index contributed by atoms with van der Waals surface area (Å²) < 4.78 is 8.29. The van der Waals surface area contributed by atoms with Crippen LogP contribution in [0.4, 0.5) is 0 Å². The number of carbonyl (C=O) groups is 2. The molecule has 2 fully saturated rings. The molecule has 0 spiro atoms. The molecule has 1 aromatic heterocycles. The van der Waals surface area contributed by atoms with Gasteiger partial charge in [-0.3, -0.25) is 14.3 Å². The zero-order chi connectivity index (χ0) is 27.9. The fourth-order valence-electron chi connectivity index (χ4n) is 5.48. The normalized spacial score (nSPS) is 20.8. The van der Waals surface area contributed by atoms with Crippen LogP contribution in [-0.2, 0) is 22.7 Å². The van der Waals surface area contributed by atoms with Crippen molar-refractivity contribution in [1.82, 2.24) is 25.3 Å². The number of aliphatic hydroxyl groups is 1. The van der Waals surface area contributed by atoms with Crippen molar-refractivity contribution in [3.8, 4) is 17.0 Å². The summed E-state index contributed by atoms with van der Waals surface area (Å²) in [6.07, 6.45) is 4.69. The lowest BCUT2D eigenvalue weighted by Gasteiger charge is -2.28. The summed E-state index contributed by atoms with van der Waals surface area (Å²) in [6, 6.07) is 7.39. The molecule has 0 saturated carbocycles. The van der Waals surface area contributed by atoms with Crippen molar-refractivity contribution in [2.75, 3.05) is 26.2 Å². The second kappa shape index (κ2) is 13.4. The number of aryl methyl sites for hydroxylation is 1. The molecule has 2 aromatic rings. The maximum absolute atomic E-state index is 13.3. The second-order valence-corrected chi connectivity index (χ2v) is 11.3. The summed E-state index contributed by atoms with van der Waals surface area (Å²) >= 11 is 0. The third-order valence-corrected chi connectivity index (χ3v) is 8.33. The van der Waals surface area contributed by atoms with Gasteiger partial charge in [0.15, 0.2) is 0 Å². The number of ether oxygens (including phenoxy) is 1. The van der Waals surface area contributed by atoms with Crippen molar-refractivity contribution in [2.24, 2.45) is 17.8 Å². The van der Waals surface area contributed by atoms with Crippen LogP contribution in [0.15, 0.2) is 30.5 Å². The van der Waals surface area contributed by atoms with E-state index in [-0.39, 0.29) is 43.2 Å². The highest BCUT2D eigenvalue weighted by atomic mass is 16.5. The van der Waals surface area contributed by atoms with Gasteiger partial charge in [-0.25, -0.2) is 0 Å². The Morgan fingerprint density at radius 3 is 2.69 bits per heavy atom. The Labute approximate surface area is 232 Å². The van der Waals surface area contributed by atoms with Gasteiger partial charge < -0.3 is 25.4 Å². The molecule has 2 saturated heterocycles. The highest BCUT2D eigenvalue weighted by Crippen LogP contribution is 2.29. The Morgan fingerprint density at radius 1 is 1.21 bits per heavy atom. The predicted molar refractivity (Wildman–Crippen MR) is 151 cm³/mol. The first-order valence-electron chi connectivity index (χ1n) is 14.5. The second-order valence-electron chi connectivity index (χ2n) is 11.3. The number of nitrogens with one attached hydrogen (secondary N) is 2. The molecule has 0 radical (unpaired) electrons. The molecule has 39 heavy (non-hydrogen) atoms. The van der Waals surface area contributed by atoms with Crippen LogP contribution in [-0.4, -0.2) is 70.0 Å². The van der Waals surface area contributed by atoms with Crippen LogP contribution in [0.25, 0.3) is 11.3 Å². The van der Waals surface area contributed by atoms with Gasteiger partial charge in [0.05, 0.1) is 18.4 Å². The molecular formula is C30H45N5O4. The zero-order valence-corrected chi connectivity index (χ0v) is 23.9. The van der Waals surface area contributed by atoms with Gasteiger partial charge in [-0.2, -0.15) is 5.10 Å². The van der Waals surface area contributed by atoms with Crippen molar-refractivity contribution in [2.45, 2.75) is 78.6 Å². The van der Waals surface area contributed by atoms with E-state index in [9.17, 15) is 14.7 Å². The van der Waals surface area contributed by atoms with E-state index >= 15 is 0 Å². The molecule has 0 bridgehead atoms. The van der Waals surface area contributed by atoms with E-state index in [0.29, 0.717) is 12.5 Å². The molecule has 3 atom stereocenters. The van der Waals surface area contributed by atoms with E-state index in [1.165, 1.54) is 12.8 Å². The number of rotatable bonds is 11. The van der Waals surface area contributed by atoms with Crippen molar-refractivity contribution in [3.63, 3.8) is 0 Å². The van der Waals surface area contributed by atoms with Gasteiger partial charge in [0.1, 0.15) is 11.8 Å². The van der Waals surface area contributed by atoms with E-state index in [2.05, 4.69) is 22.7 Å². The number of aromatic nitrogens is 2. The van der Waals surface area contributed by atoms with Crippen LogP contribution >= 0.6 is 0 Å². The first-order valence-corrected chi connectivity index (χ1v) is 14.5. The molecule has 2 amide bonds. The zero-order valence-electron chi connectivity index (χ0n) is 23.9. The monoisotopic (exact) mass is 539 g/mol. The van der Waals surface area contributed by atoms with E-state index in [0.717, 1.165) is 48.6 Å². The number of likely N-dealkylation sites (tertiary alicyclic amines) is 1. The third kappa shape index (κ3) is 7.19. The number of aliphatic hydroxyl groups excluding tert-OH is 1. The van der Waals surface area contributed by atoms with Crippen molar-refractivity contribution in [1.29, 1.82) is 0 Å². The molecule has 2 aliphatic heterocycles. The van der Waals surface area contributed by atoms with Gasteiger partial charge in [-0.1, -0.05) is 32.9 Å². The summed E-state index contributed by atoms with van der Waals surface area (Å²) in [5.41, 5.74) is 2.91. The summed E-state index contributed by atoms with van der Waals surface area (Å²) in [5.74, 6) is 1.02. The number of benzene rings is 1. The first-order chi connectivity index (χ1) is 18.8. The molecule has 3 N–H and O–H groups in total. The molecule has 2 aliphatic rings. The summed E-state index contributed by atoms with van der Waals surface area (Å²) in [4.78, 5) is 27.8. The van der Waals surface area contributed by atoms with Crippen LogP contribution < -0.4 is 15.4 Å². The SMILES string of the molecule is CCn1nccc1-c1ccc(CNC(=O)C2CC(O)CN2C(=O)C(C)C(C)C)c(OCCC2CCNCC2)c1. The van der Waals surface area contributed by atoms with E-state index in [1.807, 2.05) is 49.7 Å². The molecular weight excluding hydrogens is 494 g/mol. The Bertz CT molecular complexity index is 1110. The topological polar surface area (TPSA) is 109 Å². The van der Waals surface area contributed by atoms with Gasteiger partial charge in [-0.15, -0.1) is 0 Å². The highest BCUT2D eigenvalue weighted by molar-refractivity contribution is 5.89. The average molecular weight is 540 g/mol. The maximum Gasteiger partial charge on any atom is 0.243 e. The summed E-state index contributed by atoms with van der Waals surface area (Å²) in [5, 5.41) is 21.1. The fraction of sp³-hybridized carbons (Fsp3) is 0.633. The predicted octanol–water partition coefficient (Wildman–Crippen LogP) is 3.21. The Hall–Kier alpha value is -2.91. The quantitative estimate of drug-likeness (QED) is 0.405. The molecule has 3 heterocycles. The third-order valence-electron chi connectivity index (χ3n) is 8.33. The Kier molecular flexibility index (Phi) is 10.0. The molecule has 1 aromatic carbocycles. The minimum atomic E-state index is -0.694. The van der Waals surface area contributed by atoms with Gasteiger partial charge in [0.25, 0.3) is 0 Å². The molecule has 214 valence electrons. The van der Waals surface area contributed by atoms with Crippen LogP contribution in [0.5, 0.6) is 5.75 Å². The smallest absolute Gasteiger partial charge is 0.243 e. The number of nitrogens with zero attached hydrogens (tertiary/aromatic N) is 3. The summed E-state index contributed by atoms with van der Waals surface area (Å²) in [7, 11) is 0. The van der Waals surface area contributed by atoms with Gasteiger partial charge in [0.2, 0.25) is 11.8 Å². The van der Waals surface area contributed by atoms with Crippen molar-refractivity contribution < 1.29 is 19.4 Å². The van der Waals surface area contributed by atoms with E-state index < -0.39 is 12.1 Å². The van der Waals surface area contributed by atoms with Gasteiger partial charge >= 0.3 is 0 Å². The molecule has 0 aliphatic carbocycles. The number of carbonyl (C=O) groups excluding carboxylic acids is 2. The summed E-state index contributed by atoms with van der Waals surface area (Å²) in [6.45, 7) is 11.9. The lowest BCUT2D eigenvalue weighted by Crippen LogP contribution is -2.48.